The lowest BCUT2D eigenvalue weighted by molar-refractivity contribution is -0.145. The fraction of sp³-hybridized carbons (Fsp3) is 0.379. The number of carbonyl (C=O) groups excluding carboxylic acids is 1. The molecule has 2 aromatic carbocycles. The number of benzene rings is 2. The number of aliphatic hydroxyl groups is 1. The molecule has 0 fully saturated rings. The molecule has 0 aliphatic carbocycles. The standard InChI is InChI=1S/C29H34FNO5P/c1-6-22-25(19-13-15-21(30)16-14-19)26(29(37(34)35-5)23(32)17-24(33)36-7-2)27(18(3)4)31-28(22)20-11-9-8-10-12-20/h8-16,18,23,29,32H,6-7,17H2,1-5H3/q+1. The van der Waals surface area contributed by atoms with Crippen LogP contribution in [0.15, 0.2) is 54.6 Å². The van der Waals surface area contributed by atoms with Gasteiger partial charge in [-0.2, -0.15) is 0 Å². The number of aromatic nitrogens is 1. The molecule has 0 radical (unpaired) electrons. The number of esters is 1. The molecule has 3 aromatic rings. The van der Waals surface area contributed by atoms with Crippen molar-refractivity contribution in [2.24, 2.45) is 0 Å². The zero-order valence-corrected chi connectivity index (χ0v) is 22.8. The van der Waals surface area contributed by atoms with E-state index in [-0.39, 0.29) is 24.8 Å². The average molecular weight is 527 g/mol. The van der Waals surface area contributed by atoms with Crippen LogP contribution in [0.1, 0.15) is 62.5 Å². The first kappa shape index (κ1) is 28.6. The van der Waals surface area contributed by atoms with Crippen molar-refractivity contribution in [2.45, 2.75) is 58.2 Å². The normalized spacial score (nSPS) is 13.4. The van der Waals surface area contributed by atoms with Crippen molar-refractivity contribution >= 4 is 14.0 Å². The highest BCUT2D eigenvalue weighted by Crippen LogP contribution is 2.52. The van der Waals surface area contributed by atoms with Crippen molar-refractivity contribution in [2.75, 3.05) is 13.7 Å². The van der Waals surface area contributed by atoms with E-state index >= 15 is 0 Å². The van der Waals surface area contributed by atoms with Gasteiger partial charge in [0, 0.05) is 11.1 Å². The van der Waals surface area contributed by atoms with Crippen LogP contribution in [0.25, 0.3) is 22.4 Å². The molecule has 6 nitrogen and oxygen atoms in total. The summed E-state index contributed by atoms with van der Waals surface area (Å²) in [5.74, 6) is -1.11. The summed E-state index contributed by atoms with van der Waals surface area (Å²) >= 11 is 0. The minimum absolute atomic E-state index is 0.125. The van der Waals surface area contributed by atoms with Crippen molar-refractivity contribution < 1.29 is 28.1 Å². The molecule has 0 spiro atoms. The second kappa shape index (κ2) is 13.0. The van der Waals surface area contributed by atoms with Gasteiger partial charge in [-0.1, -0.05) is 63.2 Å². The Labute approximate surface area is 218 Å². The van der Waals surface area contributed by atoms with Crippen LogP contribution in [0.5, 0.6) is 0 Å². The van der Waals surface area contributed by atoms with E-state index in [9.17, 15) is 18.9 Å². The molecule has 0 saturated carbocycles. The van der Waals surface area contributed by atoms with Crippen molar-refractivity contribution in [1.82, 2.24) is 4.98 Å². The monoisotopic (exact) mass is 526 g/mol. The maximum absolute atomic E-state index is 14.0. The zero-order chi connectivity index (χ0) is 27.1. The lowest BCUT2D eigenvalue weighted by Gasteiger charge is -2.25. The first-order valence-electron chi connectivity index (χ1n) is 12.4. The molecule has 8 heteroatoms. The van der Waals surface area contributed by atoms with Crippen LogP contribution in [0.4, 0.5) is 4.39 Å². The third-order valence-electron chi connectivity index (χ3n) is 6.19. The Morgan fingerprint density at radius 3 is 2.24 bits per heavy atom. The smallest absolute Gasteiger partial charge is 0.466 e. The summed E-state index contributed by atoms with van der Waals surface area (Å²) in [4.78, 5) is 17.4. The van der Waals surface area contributed by atoms with E-state index in [0.717, 1.165) is 16.8 Å². The third kappa shape index (κ3) is 6.48. The number of hydrogen-bond acceptors (Lipinski definition) is 6. The van der Waals surface area contributed by atoms with Crippen LogP contribution in [0.3, 0.4) is 0 Å². The van der Waals surface area contributed by atoms with Crippen LogP contribution >= 0.6 is 8.03 Å². The fourth-order valence-electron chi connectivity index (χ4n) is 4.58. The Morgan fingerprint density at radius 1 is 1.05 bits per heavy atom. The Bertz CT molecular complexity index is 1230. The van der Waals surface area contributed by atoms with E-state index in [2.05, 4.69) is 0 Å². The predicted molar refractivity (Wildman–Crippen MR) is 143 cm³/mol. The minimum Gasteiger partial charge on any atom is -0.466 e. The number of rotatable bonds is 11. The van der Waals surface area contributed by atoms with Gasteiger partial charge in [0.05, 0.1) is 31.5 Å². The summed E-state index contributed by atoms with van der Waals surface area (Å²) in [7, 11) is -1.15. The van der Waals surface area contributed by atoms with Crippen LogP contribution in [0, 0.1) is 5.82 Å². The molecule has 196 valence electrons. The second-order valence-corrected chi connectivity index (χ2v) is 10.5. The molecule has 0 bridgehead atoms. The van der Waals surface area contributed by atoms with Crippen molar-refractivity contribution in [3.05, 3.63) is 77.2 Å². The van der Waals surface area contributed by atoms with Crippen molar-refractivity contribution in [3.63, 3.8) is 0 Å². The highest BCUT2D eigenvalue weighted by molar-refractivity contribution is 7.39. The summed E-state index contributed by atoms with van der Waals surface area (Å²) in [6.45, 7) is 7.78. The van der Waals surface area contributed by atoms with E-state index < -0.39 is 25.8 Å². The lowest BCUT2D eigenvalue weighted by Crippen LogP contribution is -2.24. The predicted octanol–water partition coefficient (Wildman–Crippen LogP) is 6.98. The van der Waals surface area contributed by atoms with Gasteiger partial charge in [0.1, 0.15) is 11.9 Å². The van der Waals surface area contributed by atoms with Crippen LogP contribution in [0.2, 0.25) is 0 Å². The third-order valence-corrected chi connectivity index (χ3v) is 7.61. The van der Waals surface area contributed by atoms with E-state index in [1.165, 1.54) is 19.2 Å². The van der Waals surface area contributed by atoms with E-state index in [1.807, 2.05) is 51.1 Å². The van der Waals surface area contributed by atoms with Gasteiger partial charge in [-0.15, -0.1) is 4.52 Å². The maximum atomic E-state index is 14.0. The van der Waals surface area contributed by atoms with E-state index in [1.54, 1.807) is 19.1 Å². The molecule has 0 amide bonds. The Morgan fingerprint density at radius 2 is 1.70 bits per heavy atom. The van der Waals surface area contributed by atoms with Crippen LogP contribution in [-0.4, -0.2) is 35.9 Å². The van der Waals surface area contributed by atoms with E-state index in [4.69, 9.17) is 14.2 Å². The molecule has 0 aliphatic rings. The molecule has 1 heterocycles. The Hall–Kier alpha value is -2.99. The number of aliphatic hydroxyl groups excluding tert-OH is 1. The van der Waals surface area contributed by atoms with Crippen LogP contribution < -0.4 is 0 Å². The summed E-state index contributed by atoms with van der Waals surface area (Å²) in [6, 6.07) is 15.8. The molecule has 0 aliphatic heterocycles. The molecule has 3 rings (SSSR count). The van der Waals surface area contributed by atoms with Crippen molar-refractivity contribution in [3.8, 4) is 22.4 Å². The molecular formula is C29H34FNO5P+. The van der Waals surface area contributed by atoms with Gasteiger partial charge in [0.15, 0.2) is 0 Å². The van der Waals surface area contributed by atoms with Gasteiger partial charge < -0.3 is 9.84 Å². The number of ether oxygens (including phenoxy) is 1. The summed E-state index contributed by atoms with van der Waals surface area (Å²) in [5.41, 5.74) is 4.06. The second-order valence-electron chi connectivity index (χ2n) is 8.98. The summed E-state index contributed by atoms with van der Waals surface area (Å²) in [6.07, 6.45) is -1.14. The maximum Gasteiger partial charge on any atom is 0.518 e. The fourth-order valence-corrected chi connectivity index (χ4v) is 5.66. The van der Waals surface area contributed by atoms with Gasteiger partial charge in [-0.05, 0) is 52.7 Å². The molecule has 0 saturated heterocycles. The molecule has 1 N–H and O–H groups in total. The number of hydrogen-bond donors (Lipinski definition) is 1. The minimum atomic E-state index is -2.45. The number of carbonyl (C=O) groups is 1. The van der Waals surface area contributed by atoms with Gasteiger partial charge >= 0.3 is 14.0 Å². The first-order valence-corrected chi connectivity index (χ1v) is 13.7. The Kier molecular flexibility index (Phi) is 10.0. The quantitative estimate of drug-likeness (QED) is 0.214. The summed E-state index contributed by atoms with van der Waals surface area (Å²) < 4.78 is 37.7. The molecule has 3 unspecified atom stereocenters. The Balaban J connectivity index is 2.43. The highest BCUT2D eigenvalue weighted by Gasteiger charge is 2.46. The molecule has 3 atom stereocenters. The zero-order valence-electron chi connectivity index (χ0n) is 21.9. The number of halogens is 1. The molecule has 1 aromatic heterocycles. The highest BCUT2D eigenvalue weighted by atomic mass is 31.1. The topological polar surface area (TPSA) is 85.7 Å². The first-order chi connectivity index (χ1) is 17.7. The van der Waals surface area contributed by atoms with Gasteiger partial charge in [0.2, 0.25) is 5.66 Å². The molecule has 37 heavy (non-hydrogen) atoms. The van der Waals surface area contributed by atoms with E-state index in [0.29, 0.717) is 28.8 Å². The number of pyridine rings is 1. The van der Waals surface area contributed by atoms with Gasteiger partial charge in [0.25, 0.3) is 0 Å². The largest absolute Gasteiger partial charge is 0.518 e. The van der Waals surface area contributed by atoms with Crippen LogP contribution in [-0.2, 0) is 25.0 Å². The summed E-state index contributed by atoms with van der Waals surface area (Å²) in [5, 5.41) is 11.3. The average Bonchev–Trinajstić information content (AvgIpc) is 2.89. The van der Waals surface area contributed by atoms with Gasteiger partial charge in [-0.3, -0.25) is 9.78 Å². The van der Waals surface area contributed by atoms with Crippen molar-refractivity contribution in [1.29, 1.82) is 0 Å². The SMILES string of the molecule is CCOC(=O)CC(O)C(c1c(C(C)C)nc(-c2ccccc2)c(CC)c1-c1ccc(F)cc1)[P+](=O)OC. The lowest BCUT2D eigenvalue weighted by atomic mass is 9.84. The number of nitrogens with zero attached hydrogens (tertiary/aromatic N) is 1. The van der Waals surface area contributed by atoms with Gasteiger partial charge in [-0.25, -0.2) is 4.39 Å². The molecular weight excluding hydrogens is 492 g/mol.